The molecule has 0 bridgehead atoms. The number of rotatable bonds is 6. The van der Waals surface area contributed by atoms with Gasteiger partial charge in [-0.25, -0.2) is 0 Å². The first-order chi connectivity index (χ1) is 14.3. The number of carbonyl (C=O) groups is 3. The van der Waals surface area contributed by atoms with E-state index in [1.807, 2.05) is 0 Å². The number of hydrogen-bond acceptors (Lipinski definition) is 6. The summed E-state index contributed by atoms with van der Waals surface area (Å²) in [6.45, 7) is -0.138. The van der Waals surface area contributed by atoms with Crippen molar-refractivity contribution in [2.75, 3.05) is 13.1 Å². The highest BCUT2D eigenvalue weighted by molar-refractivity contribution is 8.18. The van der Waals surface area contributed by atoms with Crippen molar-refractivity contribution in [2.24, 2.45) is 0 Å². The lowest BCUT2D eigenvalue weighted by atomic mass is 10.1. The van der Waals surface area contributed by atoms with Gasteiger partial charge in [-0.15, -0.1) is 0 Å². The number of carbonyl (C=O) groups excluding carboxylic acids is 3. The molecule has 0 saturated carbocycles. The predicted octanol–water partition coefficient (Wildman–Crippen LogP) is 4.37. The third-order valence-electron chi connectivity index (χ3n) is 4.09. The topological polar surface area (TPSA) is 110 Å². The average molecular weight is 466 g/mol. The summed E-state index contributed by atoms with van der Waals surface area (Å²) in [4.78, 5) is 48.5. The summed E-state index contributed by atoms with van der Waals surface area (Å²) in [7, 11) is 0. The van der Waals surface area contributed by atoms with Gasteiger partial charge in [0.2, 0.25) is 0 Å². The average Bonchev–Trinajstić information content (AvgIpc) is 2.97. The number of para-hydroxylation sites is 1. The van der Waals surface area contributed by atoms with Crippen LogP contribution in [0.15, 0.2) is 47.4 Å². The molecule has 1 heterocycles. The van der Waals surface area contributed by atoms with E-state index in [-0.39, 0.29) is 29.2 Å². The van der Waals surface area contributed by atoms with E-state index in [1.54, 1.807) is 12.1 Å². The van der Waals surface area contributed by atoms with Crippen LogP contribution in [-0.4, -0.2) is 40.0 Å². The van der Waals surface area contributed by atoms with Gasteiger partial charge >= 0.3 is 0 Å². The SMILES string of the molecule is O=C(NCCN1C(=O)S/C(=C\c2ccc(Cl)cc2Cl)C1=O)c1ccccc1[N+](=O)[O-]. The summed E-state index contributed by atoms with van der Waals surface area (Å²) in [5, 5.41) is 13.8. The van der Waals surface area contributed by atoms with Gasteiger partial charge in [0.25, 0.3) is 22.7 Å². The van der Waals surface area contributed by atoms with Gasteiger partial charge in [-0.05, 0) is 41.6 Å². The van der Waals surface area contributed by atoms with Gasteiger partial charge in [0, 0.05) is 29.2 Å². The third-order valence-corrected chi connectivity index (χ3v) is 5.56. The number of nitrogens with one attached hydrogen (secondary N) is 1. The Morgan fingerprint density at radius 2 is 1.93 bits per heavy atom. The highest BCUT2D eigenvalue weighted by Crippen LogP contribution is 2.33. The van der Waals surface area contributed by atoms with E-state index in [0.717, 1.165) is 16.7 Å². The minimum absolute atomic E-state index is 0.0576. The number of amides is 3. The Kier molecular flexibility index (Phi) is 6.76. The maximum Gasteiger partial charge on any atom is 0.293 e. The second-order valence-corrected chi connectivity index (χ2v) is 7.87. The number of nitrogens with zero attached hydrogens (tertiary/aromatic N) is 2. The van der Waals surface area contributed by atoms with E-state index in [0.29, 0.717) is 15.6 Å². The van der Waals surface area contributed by atoms with Crippen molar-refractivity contribution < 1.29 is 19.3 Å². The van der Waals surface area contributed by atoms with Crippen molar-refractivity contribution in [2.45, 2.75) is 0 Å². The summed E-state index contributed by atoms with van der Waals surface area (Å²) in [6.07, 6.45) is 1.50. The van der Waals surface area contributed by atoms with Crippen molar-refractivity contribution in [1.82, 2.24) is 10.2 Å². The zero-order valence-electron chi connectivity index (χ0n) is 15.1. The van der Waals surface area contributed by atoms with E-state index in [1.165, 1.54) is 36.4 Å². The normalized spacial score (nSPS) is 15.0. The fourth-order valence-electron chi connectivity index (χ4n) is 2.65. The van der Waals surface area contributed by atoms with Gasteiger partial charge in [-0.1, -0.05) is 41.4 Å². The lowest BCUT2D eigenvalue weighted by Gasteiger charge is -2.13. The Hall–Kier alpha value is -2.88. The molecule has 2 aromatic carbocycles. The van der Waals surface area contributed by atoms with E-state index in [9.17, 15) is 24.5 Å². The Balaban J connectivity index is 1.65. The summed E-state index contributed by atoms with van der Waals surface area (Å²) < 4.78 is 0. The maximum absolute atomic E-state index is 12.5. The molecule has 0 unspecified atom stereocenters. The molecule has 8 nitrogen and oxygen atoms in total. The molecule has 1 N–H and O–H groups in total. The summed E-state index contributed by atoms with van der Waals surface area (Å²) >= 11 is 12.7. The Morgan fingerprint density at radius 3 is 2.63 bits per heavy atom. The molecular formula is C19H13Cl2N3O5S. The van der Waals surface area contributed by atoms with Crippen molar-refractivity contribution >= 4 is 63.8 Å². The van der Waals surface area contributed by atoms with Crippen molar-refractivity contribution in [3.05, 3.63) is 78.7 Å². The standard InChI is InChI=1S/C19H13Cl2N3O5S/c20-12-6-5-11(14(21)10-12)9-16-18(26)23(19(27)30-16)8-7-22-17(25)13-3-1-2-4-15(13)24(28)29/h1-6,9-10H,7-8H2,(H,22,25)/b16-9-. The minimum atomic E-state index is -0.669. The number of benzene rings is 2. The van der Waals surface area contributed by atoms with E-state index < -0.39 is 22.0 Å². The Labute approximate surface area is 185 Å². The molecule has 11 heteroatoms. The van der Waals surface area contributed by atoms with E-state index in [4.69, 9.17) is 23.2 Å². The lowest BCUT2D eigenvalue weighted by molar-refractivity contribution is -0.385. The van der Waals surface area contributed by atoms with Gasteiger partial charge < -0.3 is 5.32 Å². The Morgan fingerprint density at radius 1 is 1.20 bits per heavy atom. The van der Waals surface area contributed by atoms with Crippen LogP contribution in [0.25, 0.3) is 6.08 Å². The van der Waals surface area contributed by atoms with Gasteiger partial charge in [0.05, 0.1) is 9.83 Å². The third kappa shape index (κ3) is 4.81. The lowest BCUT2D eigenvalue weighted by Crippen LogP contribution is -2.37. The molecule has 3 amide bonds. The molecule has 1 aliphatic rings. The fourth-order valence-corrected chi connectivity index (χ4v) is 3.97. The molecule has 3 rings (SSSR count). The van der Waals surface area contributed by atoms with Gasteiger partial charge in [-0.3, -0.25) is 29.4 Å². The molecular weight excluding hydrogens is 453 g/mol. The molecule has 0 spiro atoms. The predicted molar refractivity (Wildman–Crippen MR) is 115 cm³/mol. The van der Waals surface area contributed by atoms with Crippen LogP contribution in [0, 0.1) is 10.1 Å². The van der Waals surface area contributed by atoms with Crippen molar-refractivity contribution in [3.8, 4) is 0 Å². The second kappa shape index (κ2) is 9.29. The monoisotopic (exact) mass is 465 g/mol. The zero-order chi connectivity index (χ0) is 21.8. The van der Waals surface area contributed by atoms with Crippen LogP contribution < -0.4 is 5.32 Å². The maximum atomic E-state index is 12.5. The molecule has 0 aliphatic carbocycles. The molecule has 1 fully saturated rings. The molecule has 1 aliphatic heterocycles. The van der Waals surface area contributed by atoms with Crippen LogP contribution in [0.3, 0.4) is 0 Å². The highest BCUT2D eigenvalue weighted by Gasteiger charge is 2.35. The molecule has 154 valence electrons. The van der Waals surface area contributed by atoms with Crippen LogP contribution in [0.5, 0.6) is 0 Å². The zero-order valence-corrected chi connectivity index (χ0v) is 17.5. The highest BCUT2D eigenvalue weighted by atomic mass is 35.5. The molecule has 1 saturated heterocycles. The first kappa shape index (κ1) is 21.8. The largest absolute Gasteiger partial charge is 0.350 e. The summed E-state index contributed by atoms with van der Waals surface area (Å²) in [6, 6.07) is 10.3. The van der Waals surface area contributed by atoms with Crippen molar-refractivity contribution in [1.29, 1.82) is 0 Å². The number of hydrogen-bond donors (Lipinski definition) is 1. The minimum Gasteiger partial charge on any atom is -0.350 e. The van der Waals surface area contributed by atoms with Crippen LogP contribution in [0.2, 0.25) is 10.0 Å². The molecule has 0 radical (unpaired) electrons. The summed E-state index contributed by atoms with van der Waals surface area (Å²) in [5.41, 5.74) is 0.106. The Bertz CT molecular complexity index is 1090. The van der Waals surface area contributed by atoms with Crippen LogP contribution >= 0.6 is 35.0 Å². The van der Waals surface area contributed by atoms with Gasteiger partial charge in [-0.2, -0.15) is 0 Å². The molecule has 30 heavy (non-hydrogen) atoms. The van der Waals surface area contributed by atoms with Gasteiger partial charge in [0.15, 0.2) is 0 Å². The molecule has 2 aromatic rings. The second-order valence-electron chi connectivity index (χ2n) is 6.03. The van der Waals surface area contributed by atoms with Crippen LogP contribution in [-0.2, 0) is 4.79 Å². The smallest absolute Gasteiger partial charge is 0.293 e. The molecule has 0 atom stereocenters. The first-order valence-electron chi connectivity index (χ1n) is 8.50. The number of imide groups is 1. The quantitative estimate of drug-likeness (QED) is 0.385. The van der Waals surface area contributed by atoms with E-state index in [2.05, 4.69) is 5.32 Å². The van der Waals surface area contributed by atoms with Crippen LogP contribution in [0.4, 0.5) is 10.5 Å². The van der Waals surface area contributed by atoms with E-state index >= 15 is 0 Å². The number of nitro groups is 1. The first-order valence-corrected chi connectivity index (χ1v) is 10.1. The number of nitro benzene ring substituents is 1. The number of halogens is 2. The van der Waals surface area contributed by atoms with Gasteiger partial charge in [0.1, 0.15) is 5.56 Å². The number of thioether (sulfide) groups is 1. The van der Waals surface area contributed by atoms with Crippen LogP contribution in [0.1, 0.15) is 15.9 Å². The molecule has 0 aromatic heterocycles. The summed E-state index contributed by atoms with van der Waals surface area (Å²) in [5.74, 6) is -1.19. The van der Waals surface area contributed by atoms with Crippen molar-refractivity contribution in [3.63, 3.8) is 0 Å². The fraction of sp³-hybridized carbons (Fsp3) is 0.105.